The molecule has 0 saturated carbocycles. The third-order valence-electron chi connectivity index (χ3n) is 0.882. The quantitative estimate of drug-likeness (QED) is 0.522. The van der Waals surface area contributed by atoms with Gasteiger partial charge in [-0.15, -0.1) is 13.2 Å². The van der Waals surface area contributed by atoms with Crippen LogP contribution in [-0.2, 0) is 0 Å². The Morgan fingerprint density at radius 1 is 1.22 bits per heavy atom. The van der Waals surface area contributed by atoms with Crippen molar-refractivity contribution in [1.82, 2.24) is 4.90 Å². The van der Waals surface area contributed by atoms with E-state index < -0.39 is 0 Å². The Balaban J connectivity index is 0. The van der Waals surface area contributed by atoms with Crippen LogP contribution in [0.4, 0.5) is 4.70 Å². The summed E-state index contributed by atoms with van der Waals surface area (Å²) in [7, 11) is 2.03. The van der Waals surface area contributed by atoms with E-state index in [4.69, 9.17) is 0 Å². The molecule has 0 aromatic rings. The lowest BCUT2D eigenvalue weighted by atomic mass is 10.5. The molecule has 0 spiro atoms. The Morgan fingerprint density at radius 3 is 1.78 bits per heavy atom. The maximum absolute atomic E-state index is 3.61. The maximum atomic E-state index is 3.61. The first kappa shape index (κ1) is 11.2. The van der Waals surface area contributed by atoms with Crippen molar-refractivity contribution in [2.45, 2.75) is 0 Å². The minimum atomic E-state index is 0. The third-order valence-corrected chi connectivity index (χ3v) is 0.882. The van der Waals surface area contributed by atoms with E-state index in [0.717, 1.165) is 13.1 Å². The normalized spacial score (nSPS) is 8.22. The van der Waals surface area contributed by atoms with E-state index in [9.17, 15) is 0 Å². The van der Waals surface area contributed by atoms with Crippen LogP contribution in [0.15, 0.2) is 25.3 Å². The SMILES string of the molecule is C=CCN(C)CC=C.F. The van der Waals surface area contributed by atoms with Crippen molar-refractivity contribution in [3.63, 3.8) is 0 Å². The zero-order chi connectivity index (χ0) is 6.41. The third kappa shape index (κ3) is 7.37. The molecule has 0 aliphatic rings. The molecule has 0 bridgehead atoms. The molecule has 0 unspecified atom stereocenters. The summed E-state index contributed by atoms with van der Waals surface area (Å²) in [5.41, 5.74) is 0. The van der Waals surface area contributed by atoms with Gasteiger partial charge in [0.1, 0.15) is 0 Å². The number of rotatable bonds is 4. The zero-order valence-corrected chi connectivity index (χ0v) is 5.84. The molecule has 0 aromatic carbocycles. The van der Waals surface area contributed by atoms with Gasteiger partial charge in [-0.05, 0) is 7.05 Å². The molecule has 1 nitrogen and oxygen atoms in total. The van der Waals surface area contributed by atoms with E-state index in [2.05, 4.69) is 18.1 Å². The molecule has 0 radical (unpaired) electrons. The summed E-state index contributed by atoms with van der Waals surface area (Å²) in [5, 5.41) is 0. The minimum Gasteiger partial charge on any atom is -0.299 e. The molecular formula is C7H14FN. The average Bonchev–Trinajstić information content (AvgIpc) is 1.68. The van der Waals surface area contributed by atoms with Crippen molar-refractivity contribution in [3.8, 4) is 0 Å². The minimum absolute atomic E-state index is 0. The van der Waals surface area contributed by atoms with Crippen molar-refractivity contribution < 1.29 is 4.70 Å². The number of halogens is 1. The zero-order valence-electron chi connectivity index (χ0n) is 5.84. The predicted octanol–water partition coefficient (Wildman–Crippen LogP) is 1.44. The molecular weight excluding hydrogens is 117 g/mol. The summed E-state index contributed by atoms with van der Waals surface area (Å²) < 4.78 is 0. The van der Waals surface area contributed by atoms with Gasteiger partial charge in [0.25, 0.3) is 0 Å². The molecule has 54 valence electrons. The van der Waals surface area contributed by atoms with E-state index in [-0.39, 0.29) is 4.70 Å². The smallest absolute Gasteiger partial charge is 0.0160 e. The van der Waals surface area contributed by atoms with Crippen LogP contribution in [0, 0.1) is 0 Å². The van der Waals surface area contributed by atoms with Crippen molar-refractivity contribution >= 4 is 0 Å². The Kier molecular flexibility index (Phi) is 9.18. The highest BCUT2D eigenvalue weighted by molar-refractivity contribution is 4.76. The van der Waals surface area contributed by atoms with Crippen molar-refractivity contribution in [1.29, 1.82) is 0 Å². The molecule has 0 N–H and O–H groups in total. The molecule has 9 heavy (non-hydrogen) atoms. The summed E-state index contributed by atoms with van der Waals surface area (Å²) in [6.07, 6.45) is 3.76. The first-order valence-electron chi connectivity index (χ1n) is 2.71. The Labute approximate surface area is 56.0 Å². The first-order chi connectivity index (χ1) is 3.81. The van der Waals surface area contributed by atoms with Crippen molar-refractivity contribution in [2.24, 2.45) is 0 Å². The van der Waals surface area contributed by atoms with E-state index >= 15 is 0 Å². The molecule has 0 amide bonds. The van der Waals surface area contributed by atoms with Crippen LogP contribution in [-0.4, -0.2) is 25.0 Å². The molecule has 0 aliphatic heterocycles. The molecule has 0 heterocycles. The number of nitrogens with zero attached hydrogens (tertiary/aromatic N) is 1. The van der Waals surface area contributed by atoms with E-state index in [1.165, 1.54) is 0 Å². The van der Waals surface area contributed by atoms with Crippen LogP contribution in [0.3, 0.4) is 0 Å². The summed E-state index contributed by atoms with van der Waals surface area (Å²) in [5.74, 6) is 0. The highest BCUT2D eigenvalue weighted by Gasteiger charge is 1.86. The first-order valence-corrected chi connectivity index (χ1v) is 2.71. The lowest BCUT2D eigenvalue weighted by molar-refractivity contribution is 0.413. The van der Waals surface area contributed by atoms with Crippen LogP contribution in [0.5, 0.6) is 0 Å². The van der Waals surface area contributed by atoms with E-state index in [0.29, 0.717) is 0 Å². The standard InChI is InChI=1S/C7H13N.FH/c1-4-6-8(3)7-5-2;/h4-5H,1-2,6-7H2,3H3;1H. The van der Waals surface area contributed by atoms with Gasteiger partial charge in [-0.3, -0.25) is 9.60 Å². The summed E-state index contributed by atoms with van der Waals surface area (Å²) >= 11 is 0. The summed E-state index contributed by atoms with van der Waals surface area (Å²) in [6.45, 7) is 9.09. The molecule has 0 fully saturated rings. The summed E-state index contributed by atoms with van der Waals surface area (Å²) in [4.78, 5) is 2.12. The second-order valence-corrected chi connectivity index (χ2v) is 1.80. The largest absolute Gasteiger partial charge is 0.299 e. The monoisotopic (exact) mass is 131 g/mol. The molecule has 0 aliphatic carbocycles. The van der Waals surface area contributed by atoms with Gasteiger partial charge < -0.3 is 0 Å². The molecule has 0 saturated heterocycles. The summed E-state index contributed by atoms with van der Waals surface area (Å²) in [6, 6.07) is 0. The van der Waals surface area contributed by atoms with Crippen molar-refractivity contribution in [2.75, 3.05) is 20.1 Å². The van der Waals surface area contributed by atoms with Gasteiger partial charge >= 0.3 is 0 Å². The topological polar surface area (TPSA) is 3.24 Å². The van der Waals surface area contributed by atoms with Gasteiger partial charge in [-0.2, -0.15) is 0 Å². The number of hydrogen-bond donors (Lipinski definition) is 0. The Bertz CT molecular complexity index is 71.0. The number of hydrogen-bond acceptors (Lipinski definition) is 1. The van der Waals surface area contributed by atoms with Crippen LogP contribution in [0.25, 0.3) is 0 Å². The highest BCUT2D eigenvalue weighted by atomic mass is 19.0. The van der Waals surface area contributed by atoms with Crippen LogP contribution >= 0.6 is 0 Å². The lowest BCUT2D eigenvalue weighted by Crippen LogP contribution is -2.17. The molecule has 0 rings (SSSR count). The molecule has 0 atom stereocenters. The van der Waals surface area contributed by atoms with E-state index in [1.54, 1.807) is 0 Å². The highest BCUT2D eigenvalue weighted by Crippen LogP contribution is 1.80. The van der Waals surface area contributed by atoms with Crippen LogP contribution in [0.2, 0.25) is 0 Å². The van der Waals surface area contributed by atoms with Gasteiger partial charge in [0.2, 0.25) is 0 Å². The fourth-order valence-electron chi connectivity index (χ4n) is 0.515. The fourth-order valence-corrected chi connectivity index (χ4v) is 0.515. The molecule has 2 heteroatoms. The number of likely N-dealkylation sites (N-methyl/N-ethyl adjacent to an activating group) is 1. The van der Waals surface area contributed by atoms with Crippen molar-refractivity contribution in [3.05, 3.63) is 25.3 Å². The Morgan fingerprint density at radius 2 is 1.56 bits per heavy atom. The molecule has 0 aromatic heterocycles. The maximum Gasteiger partial charge on any atom is 0.0160 e. The van der Waals surface area contributed by atoms with Gasteiger partial charge in [-0.25, -0.2) is 0 Å². The van der Waals surface area contributed by atoms with Crippen LogP contribution < -0.4 is 0 Å². The van der Waals surface area contributed by atoms with Gasteiger partial charge in [0.05, 0.1) is 0 Å². The Hall–Kier alpha value is -0.630. The predicted molar refractivity (Wildman–Crippen MR) is 40.4 cm³/mol. The average molecular weight is 131 g/mol. The second kappa shape index (κ2) is 7.37. The van der Waals surface area contributed by atoms with E-state index in [1.807, 2.05) is 19.2 Å². The van der Waals surface area contributed by atoms with Gasteiger partial charge in [-0.1, -0.05) is 12.2 Å². The van der Waals surface area contributed by atoms with Crippen LogP contribution in [0.1, 0.15) is 0 Å². The fraction of sp³-hybridized carbons (Fsp3) is 0.429. The van der Waals surface area contributed by atoms with Gasteiger partial charge in [0, 0.05) is 13.1 Å². The second-order valence-electron chi connectivity index (χ2n) is 1.80. The van der Waals surface area contributed by atoms with Gasteiger partial charge in [0.15, 0.2) is 0 Å². The lowest BCUT2D eigenvalue weighted by Gasteiger charge is -2.09.